The molecular formula is C15H11BrFNO. The second-order valence-electron chi connectivity index (χ2n) is 3.89. The molecule has 0 fully saturated rings. The van der Waals surface area contributed by atoms with E-state index in [9.17, 15) is 9.18 Å². The van der Waals surface area contributed by atoms with Crippen molar-refractivity contribution in [2.45, 2.75) is 0 Å². The fraction of sp³-hybridized carbons (Fsp3) is 0. The van der Waals surface area contributed by atoms with E-state index >= 15 is 0 Å². The average molecular weight is 320 g/mol. The molecule has 0 saturated carbocycles. The Morgan fingerprint density at radius 1 is 1.16 bits per heavy atom. The van der Waals surface area contributed by atoms with Crippen LogP contribution in [-0.2, 0) is 4.79 Å². The molecule has 0 aliphatic heterocycles. The molecule has 0 atom stereocenters. The van der Waals surface area contributed by atoms with E-state index in [1.807, 2.05) is 12.1 Å². The van der Waals surface area contributed by atoms with Gasteiger partial charge in [-0.25, -0.2) is 4.39 Å². The van der Waals surface area contributed by atoms with E-state index in [4.69, 9.17) is 0 Å². The number of halogens is 2. The van der Waals surface area contributed by atoms with Gasteiger partial charge in [0.1, 0.15) is 5.82 Å². The summed E-state index contributed by atoms with van der Waals surface area (Å²) in [4.78, 5) is 11.7. The number of hydrogen-bond donors (Lipinski definition) is 1. The molecule has 4 heteroatoms. The Balaban J connectivity index is 2.01. The molecule has 2 nitrogen and oxygen atoms in total. The normalized spacial score (nSPS) is 10.6. The van der Waals surface area contributed by atoms with Gasteiger partial charge in [-0.2, -0.15) is 0 Å². The van der Waals surface area contributed by atoms with Crippen molar-refractivity contribution in [2.75, 3.05) is 5.32 Å². The Kier molecular flexibility index (Phi) is 4.47. The van der Waals surface area contributed by atoms with Crippen LogP contribution in [0.3, 0.4) is 0 Å². The van der Waals surface area contributed by atoms with E-state index in [1.54, 1.807) is 30.3 Å². The van der Waals surface area contributed by atoms with Crippen LogP contribution >= 0.6 is 15.9 Å². The van der Waals surface area contributed by atoms with Crippen LogP contribution in [0.4, 0.5) is 10.1 Å². The van der Waals surface area contributed by atoms with Gasteiger partial charge in [0.05, 0.1) is 0 Å². The quantitative estimate of drug-likeness (QED) is 0.842. The van der Waals surface area contributed by atoms with Crippen molar-refractivity contribution in [1.29, 1.82) is 0 Å². The van der Waals surface area contributed by atoms with Crippen molar-refractivity contribution in [3.8, 4) is 0 Å². The van der Waals surface area contributed by atoms with E-state index in [1.165, 1.54) is 18.2 Å². The zero-order valence-electron chi connectivity index (χ0n) is 9.94. The summed E-state index contributed by atoms with van der Waals surface area (Å²) in [7, 11) is 0. The van der Waals surface area contributed by atoms with Gasteiger partial charge in [0, 0.05) is 16.2 Å². The van der Waals surface area contributed by atoms with Gasteiger partial charge in [0.15, 0.2) is 0 Å². The number of anilines is 1. The number of nitrogens with one attached hydrogen (secondary N) is 1. The molecule has 2 rings (SSSR count). The minimum Gasteiger partial charge on any atom is -0.322 e. The standard InChI is InChI=1S/C15H11BrFNO/c16-12-4-2-6-14(10-12)18-15(19)8-7-11-3-1-5-13(17)9-11/h1-10H,(H,18,19)/b8-7+. The molecule has 1 amide bonds. The summed E-state index contributed by atoms with van der Waals surface area (Å²) in [6.07, 6.45) is 2.94. The topological polar surface area (TPSA) is 29.1 Å². The molecule has 0 saturated heterocycles. The maximum absolute atomic E-state index is 12.9. The number of benzene rings is 2. The average Bonchev–Trinajstić information content (AvgIpc) is 2.36. The zero-order valence-corrected chi connectivity index (χ0v) is 11.5. The first-order valence-electron chi connectivity index (χ1n) is 5.64. The van der Waals surface area contributed by atoms with Crippen LogP contribution in [-0.4, -0.2) is 5.91 Å². The molecule has 0 aromatic heterocycles. The van der Waals surface area contributed by atoms with Gasteiger partial charge in [-0.05, 0) is 42.0 Å². The SMILES string of the molecule is O=C(/C=C/c1cccc(F)c1)Nc1cccc(Br)c1. The monoisotopic (exact) mass is 319 g/mol. The van der Waals surface area contributed by atoms with E-state index in [2.05, 4.69) is 21.2 Å². The number of carbonyl (C=O) groups excluding carboxylic acids is 1. The van der Waals surface area contributed by atoms with Crippen molar-refractivity contribution in [3.05, 3.63) is 70.5 Å². The lowest BCUT2D eigenvalue weighted by atomic mass is 10.2. The number of carbonyl (C=O) groups is 1. The van der Waals surface area contributed by atoms with Crippen molar-refractivity contribution in [3.63, 3.8) is 0 Å². The lowest BCUT2D eigenvalue weighted by Crippen LogP contribution is -2.07. The van der Waals surface area contributed by atoms with E-state index in [0.717, 1.165) is 4.47 Å². The molecule has 0 radical (unpaired) electrons. The fourth-order valence-corrected chi connectivity index (χ4v) is 1.93. The van der Waals surface area contributed by atoms with Crippen LogP contribution in [0.2, 0.25) is 0 Å². The largest absolute Gasteiger partial charge is 0.322 e. The minimum absolute atomic E-state index is 0.262. The summed E-state index contributed by atoms with van der Waals surface area (Å²) < 4.78 is 13.8. The predicted molar refractivity (Wildman–Crippen MR) is 78.2 cm³/mol. The predicted octanol–water partition coefficient (Wildman–Crippen LogP) is 4.24. The molecule has 0 heterocycles. The Morgan fingerprint density at radius 3 is 2.68 bits per heavy atom. The second kappa shape index (κ2) is 6.29. The molecule has 0 unspecified atom stereocenters. The summed E-state index contributed by atoms with van der Waals surface area (Å²) in [6, 6.07) is 13.3. The Morgan fingerprint density at radius 2 is 1.95 bits per heavy atom. The third-order valence-corrected chi connectivity index (χ3v) is 2.86. The zero-order chi connectivity index (χ0) is 13.7. The summed E-state index contributed by atoms with van der Waals surface area (Å²) >= 11 is 3.32. The molecule has 0 spiro atoms. The lowest BCUT2D eigenvalue weighted by molar-refractivity contribution is -0.111. The highest BCUT2D eigenvalue weighted by molar-refractivity contribution is 9.10. The molecule has 19 heavy (non-hydrogen) atoms. The van der Waals surface area contributed by atoms with Gasteiger partial charge in [-0.15, -0.1) is 0 Å². The molecule has 0 aliphatic carbocycles. The summed E-state index contributed by atoms with van der Waals surface area (Å²) in [5.41, 5.74) is 1.34. The maximum Gasteiger partial charge on any atom is 0.248 e. The number of amides is 1. The summed E-state index contributed by atoms with van der Waals surface area (Å²) in [5, 5.41) is 2.72. The number of hydrogen-bond acceptors (Lipinski definition) is 1. The fourth-order valence-electron chi connectivity index (χ4n) is 1.53. The van der Waals surface area contributed by atoms with Crippen LogP contribution < -0.4 is 5.32 Å². The lowest BCUT2D eigenvalue weighted by Gasteiger charge is -2.02. The molecule has 0 bridgehead atoms. The highest BCUT2D eigenvalue weighted by Gasteiger charge is 1.98. The molecule has 1 N–H and O–H groups in total. The van der Waals surface area contributed by atoms with Crippen LogP contribution in [0.1, 0.15) is 5.56 Å². The first-order chi connectivity index (χ1) is 9.13. The van der Waals surface area contributed by atoms with E-state index < -0.39 is 0 Å². The van der Waals surface area contributed by atoms with E-state index in [-0.39, 0.29) is 11.7 Å². The Bertz CT molecular complexity index is 625. The Labute approximate surface area is 119 Å². The second-order valence-corrected chi connectivity index (χ2v) is 4.80. The highest BCUT2D eigenvalue weighted by Crippen LogP contribution is 2.15. The molecule has 96 valence electrons. The van der Waals surface area contributed by atoms with Crippen molar-refractivity contribution in [2.24, 2.45) is 0 Å². The van der Waals surface area contributed by atoms with Crippen molar-refractivity contribution < 1.29 is 9.18 Å². The minimum atomic E-state index is -0.324. The van der Waals surface area contributed by atoms with Gasteiger partial charge >= 0.3 is 0 Å². The van der Waals surface area contributed by atoms with Crippen molar-refractivity contribution >= 4 is 33.6 Å². The van der Waals surface area contributed by atoms with Gasteiger partial charge < -0.3 is 5.32 Å². The van der Waals surface area contributed by atoms with Gasteiger partial charge in [0.25, 0.3) is 0 Å². The third-order valence-electron chi connectivity index (χ3n) is 2.37. The summed E-state index contributed by atoms with van der Waals surface area (Å²) in [6.45, 7) is 0. The molecular weight excluding hydrogens is 309 g/mol. The van der Waals surface area contributed by atoms with Crippen LogP contribution in [0.15, 0.2) is 59.1 Å². The maximum atomic E-state index is 12.9. The van der Waals surface area contributed by atoms with Gasteiger partial charge in [0.2, 0.25) is 5.91 Å². The van der Waals surface area contributed by atoms with E-state index in [0.29, 0.717) is 11.3 Å². The van der Waals surface area contributed by atoms with Gasteiger partial charge in [-0.1, -0.05) is 34.1 Å². The number of rotatable bonds is 3. The smallest absolute Gasteiger partial charge is 0.248 e. The first-order valence-corrected chi connectivity index (χ1v) is 6.43. The van der Waals surface area contributed by atoms with Crippen molar-refractivity contribution in [1.82, 2.24) is 0 Å². The molecule has 0 aliphatic rings. The Hall–Kier alpha value is -1.94. The third kappa shape index (κ3) is 4.34. The first kappa shape index (κ1) is 13.5. The van der Waals surface area contributed by atoms with Gasteiger partial charge in [-0.3, -0.25) is 4.79 Å². The molecule has 2 aromatic rings. The molecule has 2 aromatic carbocycles. The van der Waals surface area contributed by atoms with Crippen LogP contribution in [0.25, 0.3) is 6.08 Å². The van der Waals surface area contributed by atoms with Crippen LogP contribution in [0.5, 0.6) is 0 Å². The summed E-state index contributed by atoms with van der Waals surface area (Å²) in [5.74, 6) is -0.586. The van der Waals surface area contributed by atoms with Crippen LogP contribution in [0, 0.1) is 5.82 Å². The highest BCUT2D eigenvalue weighted by atomic mass is 79.9.